The highest BCUT2D eigenvalue weighted by molar-refractivity contribution is 6.16. The van der Waals surface area contributed by atoms with E-state index >= 15 is 0 Å². The van der Waals surface area contributed by atoms with Crippen LogP contribution in [0.1, 0.15) is 19.2 Å². The molecule has 0 saturated heterocycles. The Bertz CT molecular complexity index is 493. The van der Waals surface area contributed by atoms with Crippen LogP contribution in [-0.2, 0) is 12.4 Å². The molecule has 0 fully saturated rings. The van der Waals surface area contributed by atoms with Gasteiger partial charge in [-0.2, -0.15) is 0 Å². The maximum atomic E-state index is 5.90. The summed E-state index contributed by atoms with van der Waals surface area (Å²) in [4.78, 5) is 4.51. The fraction of sp³-hybridized carbons (Fsp3) is 0.417. The second-order valence-electron chi connectivity index (χ2n) is 3.67. The van der Waals surface area contributed by atoms with Gasteiger partial charge < -0.3 is 9.30 Å². The Morgan fingerprint density at radius 1 is 1.44 bits per heavy atom. The lowest BCUT2D eigenvalue weighted by atomic mass is 10.3. The average molecular weight is 239 g/mol. The van der Waals surface area contributed by atoms with E-state index in [1.54, 1.807) is 7.11 Å². The van der Waals surface area contributed by atoms with Gasteiger partial charge in [-0.25, -0.2) is 4.98 Å². The molecule has 0 spiro atoms. The van der Waals surface area contributed by atoms with E-state index < -0.39 is 0 Å². The monoisotopic (exact) mass is 238 g/mol. The molecule has 0 atom stereocenters. The molecule has 0 radical (unpaired) electrons. The predicted molar refractivity (Wildman–Crippen MR) is 66.1 cm³/mol. The zero-order chi connectivity index (χ0) is 11.5. The van der Waals surface area contributed by atoms with Gasteiger partial charge in [0.15, 0.2) is 0 Å². The quantitative estimate of drug-likeness (QED) is 0.765. The van der Waals surface area contributed by atoms with Crippen LogP contribution in [0, 0.1) is 0 Å². The summed E-state index contributed by atoms with van der Waals surface area (Å²) in [6.07, 6.45) is 1.07. The van der Waals surface area contributed by atoms with Gasteiger partial charge in [0, 0.05) is 12.6 Å². The number of rotatable bonds is 4. The van der Waals surface area contributed by atoms with Crippen LogP contribution in [0.5, 0.6) is 5.75 Å². The van der Waals surface area contributed by atoms with Crippen LogP contribution in [0.15, 0.2) is 18.2 Å². The number of methoxy groups -OCH3 is 1. The third kappa shape index (κ3) is 1.87. The van der Waals surface area contributed by atoms with Gasteiger partial charge in [0.2, 0.25) is 0 Å². The number of aryl methyl sites for hydroxylation is 1. The van der Waals surface area contributed by atoms with Gasteiger partial charge in [-0.05, 0) is 18.6 Å². The van der Waals surface area contributed by atoms with Gasteiger partial charge in [-0.3, -0.25) is 0 Å². The number of ether oxygens (including phenoxy) is 1. The maximum absolute atomic E-state index is 5.90. The predicted octanol–water partition coefficient (Wildman–Crippen LogP) is 3.19. The first-order chi connectivity index (χ1) is 7.80. The highest BCUT2D eigenvalue weighted by Crippen LogP contribution is 2.22. The van der Waals surface area contributed by atoms with Crippen LogP contribution in [-0.4, -0.2) is 16.7 Å². The lowest BCUT2D eigenvalue weighted by molar-refractivity contribution is 0.415. The molecule has 0 aliphatic rings. The minimum Gasteiger partial charge on any atom is -0.497 e. The van der Waals surface area contributed by atoms with Crippen molar-refractivity contribution in [2.75, 3.05) is 7.11 Å². The van der Waals surface area contributed by atoms with Gasteiger partial charge in [0.1, 0.15) is 11.6 Å². The Kier molecular flexibility index (Phi) is 3.34. The molecule has 0 aliphatic carbocycles. The number of nitrogens with zero attached hydrogens (tertiary/aromatic N) is 2. The second kappa shape index (κ2) is 4.74. The molecule has 0 aliphatic heterocycles. The zero-order valence-electron chi connectivity index (χ0n) is 9.53. The maximum Gasteiger partial charge on any atom is 0.124 e. The standard InChI is InChI=1S/C12H15ClN2O/c1-3-6-15-11-5-4-9(16-2)7-10(11)14-12(15)8-13/h4-5,7H,3,6,8H2,1-2H3. The van der Waals surface area contributed by atoms with Gasteiger partial charge in [-0.1, -0.05) is 6.92 Å². The normalized spacial score (nSPS) is 10.9. The van der Waals surface area contributed by atoms with Crippen LogP contribution in [0.25, 0.3) is 11.0 Å². The Morgan fingerprint density at radius 3 is 2.88 bits per heavy atom. The lowest BCUT2D eigenvalue weighted by Crippen LogP contribution is -2.01. The molecule has 0 N–H and O–H groups in total. The van der Waals surface area contributed by atoms with Gasteiger partial charge in [-0.15, -0.1) is 11.6 Å². The number of imidazole rings is 1. The number of benzene rings is 1. The lowest BCUT2D eigenvalue weighted by Gasteiger charge is -2.05. The van der Waals surface area contributed by atoms with E-state index in [9.17, 15) is 0 Å². The molecular formula is C12H15ClN2O. The summed E-state index contributed by atoms with van der Waals surface area (Å²) in [5.41, 5.74) is 2.07. The van der Waals surface area contributed by atoms with Crippen molar-refractivity contribution in [3.8, 4) is 5.75 Å². The number of hydrogen-bond donors (Lipinski definition) is 0. The smallest absolute Gasteiger partial charge is 0.124 e. The first-order valence-electron chi connectivity index (χ1n) is 5.39. The molecule has 0 saturated carbocycles. The molecule has 4 heteroatoms. The van der Waals surface area contributed by atoms with Gasteiger partial charge >= 0.3 is 0 Å². The van der Waals surface area contributed by atoms with E-state index in [-0.39, 0.29) is 0 Å². The van der Waals surface area contributed by atoms with Gasteiger partial charge in [0.05, 0.1) is 24.0 Å². The number of hydrogen-bond acceptors (Lipinski definition) is 2. The summed E-state index contributed by atoms with van der Waals surface area (Å²) < 4.78 is 7.35. The molecule has 0 amide bonds. The van der Waals surface area contributed by atoms with E-state index in [2.05, 4.69) is 16.5 Å². The molecule has 1 heterocycles. The molecule has 3 nitrogen and oxygen atoms in total. The average Bonchev–Trinajstić information content (AvgIpc) is 2.67. The molecule has 1 aromatic heterocycles. The fourth-order valence-corrected chi connectivity index (χ4v) is 2.07. The van der Waals surface area contributed by atoms with Crippen molar-refractivity contribution in [1.29, 1.82) is 0 Å². The highest BCUT2D eigenvalue weighted by atomic mass is 35.5. The molecule has 2 aromatic rings. The van der Waals surface area contributed by atoms with E-state index in [0.717, 1.165) is 35.6 Å². The van der Waals surface area contributed by atoms with Crippen molar-refractivity contribution in [3.63, 3.8) is 0 Å². The molecular weight excluding hydrogens is 224 g/mol. The summed E-state index contributed by atoms with van der Waals surface area (Å²) in [7, 11) is 1.66. The summed E-state index contributed by atoms with van der Waals surface area (Å²) >= 11 is 5.90. The van der Waals surface area contributed by atoms with Crippen LogP contribution >= 0.6 is 11.6 Å². The summed E-state index contributed by atoms with van der Waals surface area (Å²) in [5, 5.41) is 0. The molecule has 16 heavy (non-hydrogen) atoms. The fourth-order valence-electron chi connectivity index (χ4n) is 1.86. The Morgan fingerprint density at radius 2 is 2.25 bits per heavy atom. The van der Waals surface area contributed by atoms with E-state index in [0.29, 0.717) is 5.88 Å². The topological polar surface area (TPSA) is 27.1 Å². The van der Waals surface area contributed by atoms with Crippen LogP contribution in [0.2, 0.25) is 0 Å². The molecule has 1 aromatic carbocycles. The number of aromatic nitrogens is 2. The van der Waals surface area contributed by atoms with Crippen molar-refractivity contribution < 1.29 is 4.74 Å². The van der Waals surface area contributed by atoms with Crippen molar-refractivity contribution in [3.05, 3.63) is 24.0 Å². The molecule has 86 valence electrons. The van der Waals surface area contributed by atoms with Crippen LogP contribution in [0.4, 0.5) is 0 Å². The van der Waals surface area contributed by atoms with Crippen LogP contribution in [0.3, 0.4) is 0 Å². The Hall–Kier alpha value is -1.22. The summed E-state index contributed by atoms with van der Waals surface area (Å²) in [6.45, 7) is 3.10. The van der Waals surface area contributed by atoms with Crippen molar-refractivity contribution >= 4 is 22.6 Å². The zero-order valence-corrected chi connectivity index (χ0v) is 10.3. The summed E-state index contributed by atoms with van der Waals surface area (Å²) in [6, 6.07) is 5.93. The first-order valence-corrected chi connectivity index (χ1v) is 5.92. The van der Waals surface area contributed by atoms with E-state index in [1.807, 2.05) is 18.2 Å². The molecule has 0 bridgehead atoms. The van der Waals surface area contributed by atoms with Crippen LogP contribution < -0.4 is 4.74 Å². The van der Waals surface area contributed by atoms with Gasteiger partial charge in [0.25, 0.3) is 0 Å². The SMILES string of the molecule is CCCn1c(CCl)nc2cc(OC)ccc21. The Balaban J connectivity index is 2.58. The van der Waals surface area contributed by atoms with E-state index in [4.69, 9.17) is 16.3 Å². The summed E-state index contributed by atoms with van der Waals surface area (Å²) in [5.74, 6) is 2.19. The first kappa shape index (κ1) is 11.3. The second-order valence-corrected chi connectivity index (χ2v) is 3.94. The molecule has 2 rings (SSSR count). The minimum atomic E-state index is 0.441. The number of halogens is 1. The Labute approximate surface area is 100.0 Å². The van der Waals surface area contributed by atoms with Crippen molar-refractivity contribution in [1.82, 2.24) is 9.55 Å². The third-order valence-corrected chi connectivity index (χ3v) is 2.84. The molecule has 0 unspecified atom stereocenters. The largest absolute Gasteiger partial charge is 0.497 e. The van der Waals surface area contributed by atoms with E-state index in [1.165, 1.54) is 0 Å². The highest BCUT2D eigenvalue weighted by Gasteiger charge is 2.09. The number of fused-ring (bicyclic) bond motifs is 1. The van der Waals surface area contributed by atoms with Crippen molar-refractivity contribution in [2.24, 2.45) is 0 Å². The third-order valence-electron chi connectivity index (χ3n) is 2.60. The number of alkyl halides is 1. The minimum absolute atomic E-state index is 0.441. The van der Waals surface area contributed by atoms with Crippen molar-refractivity contribution in [2.45, 2.75) is 25.8 Å².